The molecular formula is C17H25ClO2. The van der Waals surface area contributed by atoms with Crippen LogP contribution in [0.1, 0.15) is 68.6 Å². The fraction of sp³-hybridized carbons (Fsp3) is 0.588. The number of unbranched alkanes of at least 4 members (excludes halogenated alkanes) is 6. The monoisotopic (exact) mass is 296 g/mol. The highest BCUT2D eigenvalue weighted by Crippen LogP contribution is 2.25. The van der Waals surface area contributed by atoms with Crippen molar-refractivity contribution >= 4 is 17.4 Å². The molecule has 20 heavy (non-hydrogen) atoms. The normalized spacial score (nSPS) is 10.6. The number of methoxy groups -OCH3 is 1. The number of ether oxygens (including phenoxy) is 1. The average Bonchev–Trinajstić information content (AvgIpc) is 2.45. The van der Waals surface area contributed by atoms with Crippen LogP contribution in [0.15, 0.2) is 18.2 Å². The lowest BCUT2D eigenvalue weighted by Gasteiger charge is -2.08. The van der Waals surface area contributed by atoms with Gasteiger partial charge in [-0.2, -0.15) is 0 Å². The van der Waals surface area contributed by atoms with Gasteiger partial charge in [-0.1, -0.05) is 57.0 Å². The average molecular weight is 297 g/mol. The first-order valence-electron chi connectivity index (χ1n) is 7.55. The lowest BCUT2D eigenvalue weighted by Crippen LogP contribution is -2.02. The molecule has 0 unspecified atom stereocenters. The van der Waals surface area contributed by atoms with Crippen molar-refractivity contribution in [1.82, 2.24) is 0 Å². The van der Waals surface area contributed by atoms with Crippen LogP contribution in [-0.4, -0.2) is 12.9 Å². The van der Waals surface area contributed by atoms with Gasteiger partial charge in [0.25, 0.3) is 0 Å². The molecule has 0 saturated heterocycles. The zero-order chi connectivity index (χ0) is 14.8. The number of Topliss-reactive ketones (excluding diaryl/α,β-unsaturated/α-hetero) is 1. The molecular weight excluding hydrogens is 272 g/mol. The van der Waals surface area contributed by atoms with E-state index in [1.165, 1.54) is 32.1 Å². The van der Waals surface area contributed by atoms with Crippen molar-refractivity contribution in [1.29, 1.82) is 0 Å². The Balaban J connectivity index is 2.32. The molecule has 1 rings (SSSR count). The SMILES string of the molecule is CCCCCCCCCC(=O)c1ccc(Cl)cc1OC. The van der Waals surface area contributed by atoms with Crippen LogP contribution in [0, 0.1) is 0 Å². The van der Waals surface area contributed by atoms with Crippen molar-refractivity contribution in [3.63, 3.8) is 0 Å². The summed E-state index contributed by atoms with van der Waals surface area (Å²) in [6.45, 7) is 2.22. The molecule has 3 heteroatoms. The lowest BCUT2D eigenvalue weighted by atomic mass is 10.0. The predicted molar refractivity (Wildman–Crippen MR) is 84.9 cm³/mol. The summed E-state index contributed by atoms with van der Waals surface area (Å²) in [5, 5.41) is 0.592. The number of benzene rings is 1. The van der Waals surface area contributed by atoms with Gasteiger partial charge < -0.3 is 4.74 Å². The second-order valence-corrected chi connectivity index (χ2v) is 5.58. The second-order valence-electron chi connectivity index (χ2n) is 5.14. The minimum atomic E-state index is 0.145. The summed E-state index contributed by atoms with van der Waals surface area (Å²) < 4.78 is 5.21. The Morgan fingerprint density at radius 3 is 2.40 bits per heavy atom. The molecule has 0 N–H and O–H groups in total. The molecule has 0 bridgehead atoms. The fourth-order valence-electron chi connectivity index (χ4n) is 2.27. The maximum atomic E-state index is 12.1. The molecule has 2 nitrogen and oxygen atoms in total. The number of ketones is 1. The second kappa shape index (κ2) is 9.82. The van der Waals surface area contributed by atoms with Crippen molar-refractivity contribution in [2.75, 3.05) is 7.11 Å². The fourth-order valence-corrected chi connectivity index (χ4v) is 2.43. The van der Waals surface area contributed by atoms with Crippen molar-refractivity contribution in [3.8, 4) is 5.75 Å². The van der Waals surface area contributed by atoms with Gasteiger partial charge in [0.05, 0.1) is 12.7 Å². The first-order chi connectivity index (χ1) is 9.69. The Morgan fingerprint density at radius 2 is 1.75 bits per heavy atom. The third kappa shape index (κ3) is 5.96. The van der Waals surface area contributed by atoms with Crippen LogP contribution < -0.4 is 4.74 Å². The van der Waals surface area contributed by atoms with Gasteiger partial charge in [-0.15, -0.1) is 0 Å². The van der Waals surface area contributed by atoms with E-state index >= 15 is 0 Å². The lowest BCUT2D eigenvalue weighted by molar-refractivity contribution is 0.0976. The Bertz CT molecular complexity index is 415. The number of hydrogen-bond donors (Lipinski definition) is 0. The third-order valence-corrected chi connectivity index (χ3v) is 3.71. The van der Waals surface area contributed by atoms with E-state index < -0.39 is 0 Å². The smallest absolute Gasteiger partial charge is 0.166 e. The Labute approximate surface area is 127 Å². The van der Waals surface area contributed by atoms with Crippen molar-refractivity contribution < 1.29 is 9.53 Å². The molecule has 0 heterocycles. The topological polar surface area (TPSA) is 26.3 Å². The molecule has 0 radical (unpaired) electrons. The molecule has 0 amide bonds. The van der Waals surface area contributed by atoms with Gasteiger partial charge in [-0.05, 0) is 24.6 Å². The van der Waals surface area contributed by atoms with Gasteiger partial charge >= 0.3 is 0 Å². The third-order valence-electron chi connectivity index (χ3n) is 3.47. The summed E-state index contributed by atoms with van der Waals surface area (Å²) in [5.74, 6) is 0.720. The number of rotatable bonds is 10. The maximum absolute atomic E-state index is 12.1. The highest BCUT2D eigenvalue weighted by atomic mass is 35.5. The minimum Gasteiger partial charge on any atom is -0.496 e. The molecule has 0 spiro atoms. The largest absolute Gasteiger partial charge is 0.496 e. The van der Waals surface area contributed by atoms with Crippen LogP contribution in [-0.2, 0) is 0 Å². The molecule has 0 aliphatic carbocycles. The van der Waals surface area contributed by atoms with Crippen LogP contribution in [0.4, 0.5) is 0 Å². The maximum Gasteiger partial charge on any atom is 0.166 e. The molecule has 0 saturated carbocycles. The zero-order valence-electron chi connectivity index (χ0n) is 12.6. The van der Waals surface area contributed by atoms with Gasteiger partial charge in [-0.25, -0.2) is 0 Å². The quantitative estimate of drug-likeness (QED) is 0.410. The first kappa shape index (κ1) is 17.0. The molecule has 0 fully saturated rings. The van der Waals surface area contributed by atoms with Gasteiger partial charge in [-0.3, -0.25) is 4.79 Å². The Morgan fingerprint density at radius 1 is 1.10 bits per heavy atom. The summed E-state index contributed by atoms with van der Waals surface area (Å²) in [4.78, 5) is 12.1. The van der Waals surface area contributed by atoms with Gasteiger partial charge in [0.15, 0.2) is 5.78 Å². The van der Waals surface area contributed by atoms with Crippen LogP contribution in [0.3, 0.4) is 0 Å². The summed E-state index contributed by atoms with van der Waals surface area (Å²) in [6, 6.07) is 5.19. The van der Waals surface area contributed by atoms with Crippen LogP contribution in [0.2, 0.25) is 5.02 Å². The Hall–Kier alpha value is -1.02. The molecule has 0 aromatic heterocycles. The van der Waals surface area contributed by atoms with E-state index in [1.54, 1.807) is 25.3 Å². The van der Waals surface area contributed by atoms with Crippen LogP contribution in [0.25, 0.3) is 0 Å². The molecule has 0 aliphatic rings. The van der Waals surface area contributed by atoms with E-state index in [1.807, 2.05) is 0 Å². The number of carbonyl (C=O) groups is 1. The standard InChI is InChI=1S/C17H25ClO2/c1-3-4-5-6-7-8-9-10-16(19)15-12-11-14(18)13-17(15)20-2/h11-13H,3-10H2,1-2H3. The number of hydrogen-bond acceptors (Lipinski definition) is 2. The van der Waals surface area contributed by atoms with E-state index in [0.29, 0.717) is 22.8 Å². The van der Waals surface area contributed by atoms with Gasteiger partial charge in [0.1, 0.15) is 5.75 Å². The van der Waals surface area contributed by atoms with Crippen molar-refractivity contribution in [2.45, 2.75) is 58.3 Å². The van der Waals surface area contributed by atoms with Crippen molar-refractivity contribution in [2.24, 2.45) is 0 Å². The molecule has 0 aliphatic heterocycles. The molecule has 112 valence electrons. The van der Waals surface area contributed by atoms with E-state index in [-0.39, 0.29) is 5.78 Å². The highest BCUT2D eigenvalue weighted by Gasteiger charge is 2.12. The van der Waals surface area contributed by atoms with E-state index in [0.717, 1.165) is 12.8 Å². The van der Waals surface area contributed by atoms with Crippen LogP contribution >= 0.6 is 11.6 Å². The first-order valence-corrected chi connectivity index (χ1v) is 7.93. The van der Waals surface area contributed by atoms with Gasteiger partial charge in [0.2, 0.25) is 0 Å². The van der Waals surface area contributed by atoms with Crippen molar-refractivity contribution in [3.05, 3.63) is 28.8 Å². The van der Waals surface area contributed by atoms with Gasteiger partial charge in [0, 0.05) is 11.4 Å². The summed E-state index contributed by atoms with van der Waals surface area (Å²) >= 11 is 5.90. The molecule has 1 aromatic carbocycles. The summed E-state index contributed by atoms with van der Waals surface area (Å²) in [6.07, 6.45) is 9.09. The zero-order valence-corrected chi connectivity index (χ0v) is 13.3. The number of carbonyl (C=O) groups excluding carboxylic acids is 1. The van der Waals surface area contributed by atoms with E-state index in [2.05, 4.69) is 6.92 Å². The Kier molecular flexibility index (Phi) is 8.36. The highest BCUT2D eigenvalue weighted by molar-refractivity contribution is 6.30. The summed E-state index contributed by atoms with van der Waals surface area (Å²) in [7, 11) is 1.57. The summed E-state index contributed by atoms with van der Waals surface area (Å²) in [5.41, 5.74) is 0.642. The number of halogens is 1. The molecule has 0 atom stereocenters. The molecule has 1 aromatic rings. The predicted octanol–water partition coefficient (Wildman–Crippen LogP) is 5.67. The van der Waals surface area contributed by atoms with Crippen LogP contribution in [0.5, 0.6) is 5.75 Å². The minimum absolute atomic E-state index is 0.145. The van der Waals surface area contributed by atoms with E-state index in [9.17, 15) is 4.79 Å². The van der Waals surface area contributed by atoms with E-state index in [4.69, 9.17) is 16.3 Å².